The Hall–Kier alpha value is -2.27. The lowest BCUT2D eigenvalue weighted by Gasteiger charge is -2.11. The lowest BCUT2D eigenvalue weighted by molar-refractivity contribution is 0.137. The van der Waals surface area contributed by atoms with Crippen molar-refractivity contribution < 1.29 is 18.7 Å². The molecule has 0 fully saturated rings. The normalized spacial score (nSPS) is 10.3. The number of halogens is 2. The fourth-order valence-corrected chi connectivity index (χ4v) is 2.10. The minimum atomic E-state index is -0.734. The molecule has 0 bridgehead atoms. The molecule has 1 amide bonds. The molecule has 0 atom stereocenters. The number of carbonyl (C=O) groups excluding carboxylic acids is 1. The molecule has 0 radical (unpaired) electrons. The first-order valence-corrected chi connectivity index (χ1v) is 7.43. The molecule has 0 aliphatic heterocycles. The van der Waals surface area contributed by atoms with E-state index in [9.17, 15) is 9.18 Å². The summed E-state index contributed by atoms with van der Waals surface area (Å²) >= 11 is 6.08. The summed E-state index contributed by atoms with van der Waals surface area (Å²) < 4.78 is 23.8. The third-order valence-electron chi connectivity index (χ3n) is 3.11. The van der Waals surface area contributed by atoms with E-state index < -0.39 is 11.9 Å². The van der Waals surface area contributed by atoms with Crippen LogP contribution in [-0.2, 0) is 4.74 Å². The molecular formula is C17H17ClFNO3. The summed E-state index contributed by atoms with van der Waals surface area (Å²) in [5.41, 5.74) is 1.90. The topological polar surface area (TPSA) is 47.6 Å². The number of carbonyl (C=O) groups is 1. The third kappa shape index (κ3) is 4.86. The van der Waals surface area contributed by atoms with Gasteiger partial charge in [0.15, 0.2) is 0 Å². The lowest BCUT2D eigenvalue weighted by Crippen LogP contribution is -2.18. The van der Waals surface area contributed by atoms with Gasteiger partial charge in [-0.25, -0.2) is 9.18 Å². The highest BCUT2D eigenvalue weighted by molar-refractivity contribution is 6.32. The number of nitrogens with one attached hydrogen (secondary N) is 1. The van der Waals surface area contributed by atoms with Crippen molar-refractivity contribution >= 4 is 23.4 Å². The van der Waals surface area contributed by atoms with Crippen LogP contribution in [0, 0.1) is 19.7 Å². The minimum absolute atomic E-state index is 0.0427. The quantitative estimate of drug-likeness (QED) is 0.803. The van der Waals surface area contributed by atoms with Crippen LogP contribution in [0.4, 0.5) is 14.9 Å². The van der Waals surface area contributed by atoms with E-state index in [1.807, 2.05) is 26.0 Å². The largest absolute Gasteiger partial charge is 0.490 e. The van der Waals surface area contributed by atoms with Gasteiger partial charge in [0.25, 0.3) is 0 Å². The van der Waals surface area contributed by atoms with Crippen molar-refractivity contribution in [2.45, 2.75) is 13.8 Å². The average molecular weight is 338 g/mol. The number of ether oxygens (including phenoxy) is 2. The minimum Gasteiger partial charge on any atom is -0.490 e. The number of hydrogen-bond donors (Lipinski definition) is 1. The highest BCUT2D eigenvalue weighted by Gasteiger charge is 2.07. The molecule has 6 heteroatoms. The van der Waals surface area contributed by atoms with Crippen molar-refractivity contribution in [3.05, 3.63) is 58.4 Å². The van der Waals surface area contributed by atoms with E-state index in [2.05, 4.69) is 5.32 Å². The van der Waals surface area contributed by atoms with Gasteiger partial charge in [-0.05, 0) is 49.2 Å². The Kier molecular flexibility index (Phi) is 5.82. The predicted molar refractivity (Wildman–Crippen MR) is 87.8 cm³/mol. The second-order valence-corrected chi connectivity index (χ2v) is 5.34. The van der Waals surface area contributed by atoms with Gasteiger partial charge < -0.3 is 9.47 Å². The zero-order valence-corrected chi connectivity index (χ0v) is 13.6. The van der Waals surface area contributed by atoms with Crippen molar-refractivity contribution in [3.8, 4) is 5.75 Å². The van der Waals surface area contributed by atoms with Crippen molar-refractivity contribution in [2.24, 2.45) is 0 Å². The number of amides is 1. The van der Waals surface area contributed by atoms with Crippen LogP contribution in [0.25, 0.3) is 0 Å². The van der Waals surface area contributed by atoms with Crippen LogP contribution in [0.2, 0.25) is 5.02 Å². The second-order valence-electron chi connectivity index (χ2n) is 4.96. The molecule has 1 N–H and O–H groups in total. The van der Waals surface area contributed by atoms with Gasteiger partial charge in [0.05, 0.1) is 5.69 Å². The smallest absolute Gasteiger partial charge is 0.411 e. The molecule has 0 aliphatic carbocycles. The Morgan fingerprint density at radius 3 is 2.48 bits per heavy atom. The first-order valence-electron chi connectivity index (χ1n) is 7.05. The van der Waals surface area contributed by atoms with Crippen LogP contribution >= 0.6 is 11.6 Å². The van der Waals surface area contributed by atoms with Gasteiger partial charge in [0, 0.05) is 5.02 Å². The van der Waals surface area contributed by atoms with E-state index >= 15 is 0 Å². The molecule has 0 unspecified atom stereocenters. The molecule has 0 heterocycles. The molecular weight excluding hydrogens is 321 g/mol. The fraction of sp³-hybridized carbons (Fsp3) is 0.235. The van der Waals surface area contributed by atoms with Crippen molar-refractivity contribution in [3.63, 3.8) is 0 Å². The predicted octanol–water partition coefficient (Wildman–Crippen LogP) is 4.72. The maximum absolute atomic E-state index is 13.4. The average Bonchev–Trinajstić information content (AvgIpc) is 2.51. The number of para-hydroxylation sites is 1. The van der Waals surface area contributed by atoms with Gasteiger partial charge in [-0.3, -0.25) is 5.32 Å². The zero-order chi connectivity index (χ0) is 16.8. The second kappa shape index (κ2) is 7.83. The Labute approximate surface area is 139 Å². The van der Waals surface area contributed by atoms with E-state index in [1.54, 1.807) is 6.07 Å². The van der Waals surface area contributed by atoms with Gasteiger partial charge in [0.2, 0.25) is 0 Å². The zero-order valence-electron chi connectivity index (χ0n) is 12.9. The Morgan fingerprint density at radius 1 is 1.17 bits per heavy atom. The molecule has 2 aromatic carbocycles. The molecule has 23 heavy (non-hydrogen) atoms. The number of benzene rings is 2. The van der Waals surface area contributed by atoms with Gasteiger partial charge in [0.1, 0.15) is 24.8 Å². The molecule has 0 spiro atoms. The standard InChI is InChI=1S/C17H17ClFNO3/c1-11-9-13(10-12(2)16(11)18)22-7-8-23-17(21)20-15-6-4-3-5-14(15)19/h3-6,9-10H,7-8H2,1-2H3,(H,20,21). The highest BCUT2D eigenvalue weighted by atomic mass is 35.5. The van der Waals surface area contributed by atoms with Crippen LogP contribution in [0.15, 0.2) is 36.4 Å². The summed E-state index contributed by atoms with van der Waals surface area (Å²) in [6.07, 6.45) is -0.734. The summed E-state index contributed by atoms with van der Waals surface area (Å²) in [6.45, 7) is 4.01. The summed E-state index contributed by atoms with van der Waals surface area (Å²) in [4.78, 5) is 11.6. The molecule has 2 rings (SSSR count). The summed E-state index contributed by atoms with van der Waals surface area (Å²) in [5, 5.41) is 3.03. The maximum atomic E-state index is 13.4. The van der Waals surface area contributed by atoms with E-state index in [1.165, 1.54) is 18.2 Å². The SMILES string of the molecule is Cc1cc(OCCOC(=O)Nc2ccccc2F)cc(C)c1Cl. The van der Waals surface area contributed by atoms with Crippen molar-refractivity contribution in [2.75, 3.05) is 18.5 Å². The highest BCUT2D eigenvalue weighted by Crippen LogP contribution is 2.25. The Balaban J connectivity index is 1.77. The third-order valence-corrected chi connectivity index (χ3v) is 3.70. The summed E-state index contributed by atoms with van der Waals surface area (Å²) in [5.74, 6) is 0.135. The van der Waals surface area contributed by atoms with Crippen LogP contribution < -0.4 is 10.1 Å². The first kappa shape index (κ1) is 17.1. The van der Waals surface area contributed by atoms with Crippen LogP contribution in [-0.4, -0.2) is 19.3 Å². The number of rotatable bonds is 5. The Morgan fingerprint density at radius 2 is 1.83 bits per heavy atom. The van der Waals surface area contributed by atoms with Crippen LogP contribution in [0.5, 0.6) is 5.75 Å². The molecule has 2 aromatic rings. The number of anilines is 1. The molecule has 0 saturated carbocycles. The molecule has 122 valence electrons. The molecule has 0 saturated heterocycles. The van der Waals surface area contributed by atoms with Gasteiger partial charge in [-0.2, -0.15) is 0 Å². The molecule has 0 aromatic heterocycles. The monoisotopic (exact) mass is 337 g/mol. The van der Waals surface area contributed by atoms with Crippen LogP contribution in [0.1, 0.15) is 11.1 Å². The number of hydrogen-bond acceptors (Lipinski definition) is 3. The number of aryl methyl sites for hydroxylation is 2. The van der Waals surface area contributed by atoms with Gasteiger partial charge in [-0.1, -0.05) is 23.7 Å². The van der Waals surface area contributed by atoms with Gasteiger partial charge in [-0.15, -0.1) is 0 Å². The van der Waals surface area contributed by atoms with E-state index in [0.29, 0.717) is 10.8 Å². The lowest BCUT2D eigenvalue weighted by atomic mass is 10.1. The van der Waals surface area contributed by atoms with Crippen LogP contribution in [0.3, 0.4) is 0 Å². The van der Waals surface area contributed by atoms with E-state index in [0.717, 1.165) is 11.1 Å². The van der Waals surface area contributed by atoms with Gasteiger partial charge >= 0.3 is 6.09 Å². The molecule has 0 aliphatic rings. The van der Waals surface area contributed by atoms with E-state index in [-0.39, 0.29) is 18.9 Å². The summed E-state index contributed by atoms with van der Waals surface area (Å²) in [6, 6.07) is 9.49. The summed E-state index contributed by atoms with van der Waals surface area (Å²) in [7, 11) is 0. The van der Waals surface area contributed by atoms with Crippen molar-refractivity contribution in [1.29, 1.82) is 0 Å². The van der Waals surface area contributed by atoms with E-state index in [4.69, 9.17) is 21.1 Å². The van der Waals surface area contributed by atoms with Crippen molar-refractivity contribution in [1.82, 2.24) is 0 Å². The Bertz CT molecular complexity index is 683. The fourth-order valence-electron chi connectivity index (χ4n) is 1.99. The first-order chi connectivity index (χ1) is 11.0. The molecule has 4 nitrogen and oxygen atoms in total. The maximum Gasteiger partial charge on any atom is 0.411 e.